The molecule has 0 unspecified atom stereocenters. The maximum absolute atomic E-state index is 6.00. The molecule has 1 heterocycles. The van der Waals surface area contributed by atoms with Gasteiger partial charge in [-0.3, -0.25) is 0 Å². The normalized spacial score (nSPS) is 15.4. The second-order valence-corrected chi connectivity index (χ2v) is 5.21. The van der Waals surface area contributed by atoms with Gasteiger partial charge in [-0.2, -0.15) is 0 Å². The third-order valence-electron chi connectivity index (χ3n) is 2.68. The molecule has 1 aliphatic rings. The highest BCUT2D eigenvalue weighted by molar-refractivity contribution is 9.10. The molecule has 5 heteroatoms. The Morgan fingerprint density at radius 3 is 2.94 bits per heavy atom. The Morgan fingerprint density at radius 2 is 2.19 bits per heavy atom. The number of halogens is 2. The molecule has 1 aromatic heterocycles. The molecular formula is C11H9BrClN3. The van der Waals surface area contributed by atoms with Gasteiger partial charge in [-0.25, -0.2) is 0 Å². The van der Waals surface area contributed by atoms with Gasteiger partial charge in [-0.15, -0.1) is 10.2 Å². The molecule has 1 fully saturated rings. The van der Waals surface area contributed by atoms with Gasteiger partial charge in [0.05, 0.1) is 0 Å². The lowest BCUT2D eigenvalue weighted by atomic mass is 10.2. The van der Waals surface area contributed by atoms with E-state index in [1.165, 1.54) is 12.8 Å². The maximum Gasteiger partial charge on any atom is 0.165 e. The Labute approximate surface area is 107 Å². The van der Waals surface area contributed by atoms with Crippen LogP contribution in [0.4, 0.5) is 0 Å². The molecule has 0 N–H and O–H groups in total. The first kappa shape index (κ1) is 10.3. The van der Waals surface area contributed by atoms with E-state index in [9.17, 15) is 0 Å². The van der Waals surface area contributed by atoms with Gasteiger partial charge in [0.25, 0.3) is 0 Å². The van der Waals surface area contributed by atoms with Crippen molar-refractivity contribution in [2.75, 3.05) is 0 Å². The molecule has 0 bridgehead atoms. The van der Waals surface area contributed by atoms with Gasteiger partial charge in [0, 0.05) is 21.1 Å². The maximum atomic E-state index is 6.00. The van der Waals surface area contributed by atoms with Crippen molar-refractivity contribution in [1.29, 1.82) is 0 Å². The molecule has 1 aliphatic carbocycles. The Bertz CT molecular complexity index is 534. The summed E-state index contributed by atoms with van der Waals surface area (Å²) >= 11 is 9.52. The monoisotopic (exact) mass is 297 g/mol. The molecule has 16 heavy (non-hydrogen) atoms. The summed E-state index contributed by atoms with van der Waals surface area (Å²) in [5, 5.41) is 8.87. The van der Waals surface area contributed by atoms with Crippen molar-refractivity contribution in [3.05, 3.63) is 34.0 Å². The van der Waals surface area contributed by atoms with Gasteiger partial charge in [-0.1, -0.05) is 27.5 Å². The lowest BCUT2D eigenvalue weighted by Gasteiger charge is -2.06. The molecular weight excluding hydrogens is 289 g/mol. The minimum absolute atomic E-state index is 0.566. The summed E-state index contributed by atoms with van der Waals surface area (Å²) in [6, 6.07) is 6.27. The number of hydrogen-bond donors (Lipinski definition) is 0. The van der Waals surface area contributed by atoms with Crippen molar-refractivity contribution >= 4 is 27.5 Å². The van der Waals surface area contributed by atoms with E-state index in [2.05, 4.69) is 30.7 Å². The van der Waals surface area contributed by atoms with E-state index in [4.69, 9.17) is 11.6 Å². The topological polar surface area (TPSA) is 30.7 Å². The molecule has 0 saturated heterocycles. The van der Waals surface area contributed by atoms with E-state index in [0.29, 0.717) is 11.1 Å². The van der Waals surface area contributed by atoms with Crippen molar-refractivity contribution in [3.8, 4) is 11.4 Å². The molecule has 1 saturated carbocycles. The minimum Gasteiger partial charge on any atom is -0.310 e. The highest BCUT2D eigenvalue weighted by atomic mass is 79.9. The summed E-state index contributed by atoms with van der Waals surface area (Å²) in [4.78, 5) is 0. The Hall–Kier alpha value is -0.870. The predicted octanol–water partition coefficient (Wildman–Crippen LogP) is 3.70. The average Bonchev–Trinajstić information content (AvgIpc) is 3.01. The zero-order chi connectivity index (χ0) is 11.1. The molecule has 1 aromatic carbocycles. The SMILES string of the molecule is Clc1ccc(Br)c(-c2nncn2C2CC2)c1. The van der Waals surface area contributed by atoms with Gasteiger partial charge in [0.2, 0.25) is 0 Å². The highest BCUT2D eigenvalue weighted by Gasteiger charge is 2.27. The van der Waals surface area contributed by atoms with Gasteiger partial charge in [-0.05, 0) is 31.0 Å². The number of rotatable bonds is 2. The average molecular weight is 299 g/mol. The van der Waals surface area contributed by atoms with Crippen LogP contribution in [0.1, 0.15) is 18.9 Å². The Morgan fingerprint density at radius 1 is 1.38 bits per heavy atom. The zero-order valence-electron chi connectivity index (χ0n) is 8.40. The van der Waals surface area contributed by atoms with Crippen molar-refractivity contribution in [1.82, 2.24) is 14.8 Å². The first-order chi connectivity index (χ1) is 7.75. The quantitative estimate of drug-likeness (QED) is 0.846. The van der Waals surface area contributed by atoms with Crippen molar-refractivity contribution in [3.63, 3.8) is 0 Å². The van der Waals surface area contributed by atoms with Crippen molar-refractivity contribution in [2.45, 2.75) is 18.9 Å². The summed E-state index contributed by atoms with van der Waals surface area (Å²) < 4.78 is 3.11. The molecule has 2 aromatic rings. The van der Waals surface area contributed by atoms with Crippen LogP contribution in [0.25, 0.3) is 11.4 Å². The fourth-order valence-corrected chi connectivity index (χ4v) is 2.32. The molecule has 0 amide bonds. The largest absolute Gasteiger partial charge is 0.310 e. The van der Waals surface area contributed by atoms with E-state index in [1.807, 2.05) is 18.2 Å². The molecule has 0 aliphatic heterocycles. The van der Waals surface area contributed by atoms with E-state index >= 15 is 0 Å². The minimum atomic E-state index is 0.566. The first-order valence-electron chi connectivity index (χ1n) is 5.10. The van der Waals surface area contributed by atoms with Crippen LogP contribution in [0, 0.1) is 0 Å². The predicted molar refractivity (Wildman–Crippen MR) is 66.4 cm³/mol. The molecule has 0 spiro atoms. The van der Waals surface area contributed by atoms with Gasteiger partial charge in [0.1, 0.15) is 6.33 Å². The standard InChI is InChI=1S/C11H9BrClN3/c12-10-4-1-7(13)5-9(10)11-15-14-6-16(11)8-2-3-8/h1,4-6,8H,2-3H2. The molecule has 0 atom stereocenters. The molecule has 3 rings (SSSR count). The van der Waals surface area contributed by atoms with Gasteiger partial charge < -0.3 is 4.57 Å². The number of benzene rings is 1. The molecule has 0 radical (unpaired) electrons. The number of aromatic nitrogens is 3. The fourth-order valence-electron chi connectivity index (χ4n) is 1.72. The summed E-state index contributed by atoms with van der Waals surface area (Å²) in [5.74, 6) is 0.886. The second-order valence-electron chi connectivity index (χ2n) is 3.92. The first-order valence-corrected chi connectivity index (χ1v) is 6.28. The van der Waals surface area contributed by atoms with Crippen LogP contribution in [-0.2, 0) is 0 Å². The van der Waals surface area contributed by atoms with Crippen LogP contribution < -0.4 is 0 Å². The lowest BCUT2D eigenvalue weighted by molar-refractivity contribution is 0.746. The lowest BCUT2D eigenvalue weighted by Crippen LogP contribution is -1.96. The van der Waals surface area contributed by atoms with Crippen LogP contribution >= 0.6 is 27.5 Å². The smallest absolute Gasteiger partial charge is 0.165 e. The van der Waals surface area contributed by atoms with Crippen LogP contribution in [0.3, 0.4) is 0 Å². The highest BCUT2D eigenvalue weighted by Crippen LogP contribution is 2.39. The van der Waals surface area contributed by atoms with Crippen molar-refractivity contribution < 1.29 is 0 Å². The summed E-state index contributed by atoms with van der Waals surface area (Å²) in [6.07, 6.45) is 4.22. The Balaban J connectivity index is 2.13. The van der Waals surface area contributed by atoms with Crippen LogP contribution in [0.2, 0.25) is 5.02 Å². The van der Waals surface area contributed by atoms with E-state index < -0.39 is 0 Å². The van der Waals surface area contributed by atoms with Gasteiger partial charge in [0.15, 0.2) is 5.82 Å². The van der Waals surface area contributed by atoms with Crippen LogP contribution in [0.5, 0.6) is 0 Å². The van der Waals surface area contributed by atoms with E-state index in [0.717, 1.165) is 15.9 Å². The van der Waals surface area contributed by atoms with Crippen LogP contribution in [0.15, 0.2) is 29.0 Å². The van der Waals surface area contributed by atoms with Gasteiger partial charge >= 0.3 is 0 Å². The Kier molecular flexibility index (Phi) is 2.48. The van der Waals surface area contributed by atoms with Crippen LogP contribution in [-0.4, -0.2) is 14.8 Å². The zero-order valence-corrected chi connectivity index (χ0v) is 10.7. The van der Waals surface area contributed by atoms with E-state index in [-0.39, 0.29) is 0 Å². The molecule has 82 valence electrons. The fraction of sp³-hybridized carbons (Fsp3) is 0.273. The second kappa shape index (κ2) is 3.86. The number of nitrogens with zero attached hydrogens (tertiary/aromatic N) is 3. The summed E-state index contributed by atoms with van der Waals surface area (Å²) in [6.45, 7) is 0. The summed E-state index contributed by atoms with van der Waals surface area (Å²) in [7, 11) is 0. The van der Waals surface area contributed by atoms with E-state index in [1.54, 1.807) is 6.33 Å². The summed E-state index contributed by atoms with van der Waals surface area (Å²) in [5.41, 5.74) is 0.997. The van der Waals surface area contributed by atoms with Crippen molar-refractivity contribution in [2.24, 2.45) is 0 Å². The number of hydrogen-bond acceptors (Lipinski definition) is 2. The third-order valence-corrected chi connectivity index (χ3v) is 3.61. The third kappa shape index (κ3) is 1.76. The molecule has 3 nitrogen and oxygen atoms in total.